The van der Waals surface area contributed by atoms with E-state index in [9.17, 15) is 17.6 Å². The highest BCUT2D eigenvalue weighted by Crippen LogP contribution is 2.25. The lowest BCUT2D eigenvalue weighted by molar-refractivity contribution is -0.148. The van der Waals surface area contributed by atoms with Gasteiger partial charge in [0.05, 0.1) is 6.54 Å². The summed E-state index contributed by atoms with van der Waals surface area (Å²) in [6.45, 7) is 2.18. The Morgan fingerprint density at radius 1 is 1.40 bits per heavy atom. The summed E-state index contributed by atoms with van der Waals surface area (Å²) < 4.78 is 54.6. The Morgan fingerprint density at radius 3 is 2.60 bits per heavy atom. The fourth-order valence-corrected chi connectivity index (χ4v) is 2.61. The highest BCUT2D eigenvalue weighted by Gasteiger charge is 2.41. The molecule has 1 N–H and O–H groups in total. The topological polar surface area (TPSA) is 33.6 Å². The number of nitrogens with one attached hydrogen (secondary N) is 1. The lowest BCUT2D eigenvalue weighted by Gasteiger charge is -2.20. The number of thioether (sulfide) groups is 1. The molecule has 1 unspecified atom stereocenters. The first-order valence-corrected chi connectivity index (χ1v) is 8.99. The van der Waals surface area contributed by atoms with Crippen molar-refractivity contribution in [2.24, 2.45) is 4.99 Å². The highest BCUT2D eigenvalue weighted by atomic mass is 32.2. The number of benzene rings is 1. The SMILES string of the molecule is CSC1CN=C(/C=C(\C)c2ccc(OCC(F)(F)C(F)F)cc2)NC1. The Bertz CT molecular complexity index is 632. The molecule has 1 atom stereocenters. The minimum Gasteiger partial charge on any atom is -0.487 e. The van der Waals surface area contributed by atoms with E-state index in [0.29, 0.717) is 5.25 Å². The molecule has 1 aliphatic heterocycles. The van der Waals surface area contributed by atoms with Gasteiger partial charge in [-0.05, 0) is 42.5 Å². The van der Waals surface area contributed by atoms with Gasteiger partial charge in [-0.3, -0.25) is 4.99 Å². The highest BCUT2D eigenvalue weighted by molar-refractivity contribution is 7.99. The number of aliphatic imine (C=N–C) groups is 1. The van der Waals surface area contributed by atoms with Crippen molar-refractivity contribution in [3.63, 3.8) is 0 Å². The number of ether oxygens (including phenoxy) is 1. The third-order valence-corrected chi connectivity index (χ3v) is 4.71. The fraction of sp³-hybridized carbons (Fsp3) is 0.471. The van der Waals surface area contributed by atoms with Crippen LogP contribution in [0, 0.1) is 0 Å². The zero-order chi connectivity index (χ0) is 18.4. The van der Waals surface area contributed by atoms with Crippen LogP contribution in [-0.2, 0) is 0 Å². The number of hydrogen-bond donors (Lipinski definition) is 1. The Hall–Kier alpha value is -1.70. The van der Waals surface area contributed by atoms with E-state index in [0.717, 1.165) is 30.1 Å². The number of hydrogen-bond acceptors (Lipinski definition) is 4. The first-order chi connectivity index (χ1) is 11.8. The first-order valence-electron chi connectivity index (χ1n) is 7.70. The number of rotatable bonds is 7. The summed E-state index contributed by atoms with van der Waals surface area (Å²) in [4.78, 5) is 4.47. The molecule has 0 amide bonds. The van der Waals surface area contributed by atoms with E-state index in [4.69, 9.17) is 4.74 Å². The molecule has 0 bridgehead atoms. The Morgan fingerprint density at radius 2 is 2.08 bits per heavy atom. The average Bonchev–Trinajstić information content (AvgIpc) is 2.61. The standard InChI is InChI=1S/C17H20F4N2OS/c1-11(7-15-22-8-14(25-2)9-23-15)12-3-5-13(6-4-12)24-10-17(20,21)16(18)19/h3-7,14,16H,8-10H2,1-2H3,(H,22,23)/b11-7+. The first kappa shape index (κ1) is 19.6. The van der Waals surface area contributed by atoms with Gasteiger partial charge in [-0.25, -0.2) is 8.78 Å². The molecule has 1 aliphatic rings. The van der Waals surface area contributed by atoms with Crippen LogP contribution < -0.4 is 10.1 Å². The predicted octanol–water partition coefficient (Wildman–Crippen LogP) is 4.10. The van der Waals surface area contributed by atoms with Gasteiger partial charge < -0.3 is 10.1 Å². The second kappa shape index (κ2) is 8.60. The van der Waals surface area contributed by atoms with Crippen molar-refractivity contribution in [2.75, 3.05) is 26.0 Å². The normalized spacial score (nSPS) is 18.8. The Kier molecular flexibility index (Phi) is 6.75. The summed E-state index contributed by atoms with van der Waals surface area (Å²) in [7, 11) is 0. The summed E-state index contributed by atoms with van der Waals surface area (Å²) in [5.41, 5.74) is 1.81. The summed E-state index contributed by atoms with van der Waals surface area (Å²) >= 11 is 1.77. The molecule has 0 aromatic heterocycles. The fourth-order valence-electron chi connectivity index (χ4n) is 2.14. The molecule has 0 saturated carbocycles. The number of allylic oxidation sites excluding steroid dienone is 1. The van der Waals surface area contributed by atoms with Crippen LogP contribution >= 0.6 is 11.8 Å². The molecule has 1 aromatic carbocycles. The molecule has 0 fully saturated rings. The Balaban J connectivity index is 1.97. The van der Waals surface area contributed by atoms with E-state index in [1.54, 1.807) is 23.9 Å². The van der Waals surface area contributed by atoms with Crippen LogP contribution in [0.1, 0.15) is 12.5 Å². The van der Waals surface area contributed by atoms with Crippen LogP contribution in [0.2, 0.25) is 0 Å². The van der Waals surface area contributed by atoms with E-state index in [1.807, 2.05) is 13.0 Å². The zero-order valence-corrected chi connectivity index (χ0v) is 14.8. The summed E-state index contributed by atoms with van der Waals surface area (Å²) in [5, 5.41) is 3.73. The third-order valence-electron chi connectivity index (χ3n) is 3.72. The molecule has 138 valence electrons. The van der Waals surface area contributed by atoms with Gasteiger partial charge in [0.1, 0.15) is 11.6 Å². The van der Waals surface area contributed by atoms with E-state index in [-0.39, 0.29) is 5.75 Å². The quantitative estimate of drug-likeness (QED) is 0.728. The molecule has 0 aliphatic carbocycles. The molecule has 1 aromatic rings. The molecule has 0 radical (unpaired) electrons. The third kappa shape index (κ3) is 5.66. The van der Waals surface area contributed by atoms with Gasteiger partial charge in [-0.1, -0.05) is 12.1 Å². The van der Waals surface area contributed by atoms with Crippen molar-refractivity contribution < 1.29 is 22.3 Å². The number of amidine groups is 1. The second-order valence-corrected chi connectivity index (χ2v) is 6.80. The number of alkyl halides is 4. The van der Waals surface area contributed by atoms with Gasteiger partial charge in [0, 0.05) is 11.8 Å². The van der Waals surface area contributed by atoms with Crippen molar-refractivity contribution in [2.45, 2.75) is 24.5 Å². The van der Waals surface area contributed by atoms with Crippen molar-refractivity contribution in [1.29, 1.82) is 0 Å². The zero-order valence-electron chi connectivity index (χ0n) is 13.9. The largest absolute Gasteiger partial charge is 0.487 e. The lowest BCUT2D eigenvalue weighted by atomic mass is 10.1. The maximum Gasteiger partial charge on any atom is 0.340 e. The van der Waals surface area contributed by atoms with Crippen molar-refractivity contribution in [3.8, 4) is 5.75 Å². The van der Waals surface area contributed by atoms with Crippen LogP contribution in [0.5, 0.6) is 5.75 Å². The molecule has 3 nitrogen and oxygen atoms in total. The predicted molar refractivity (Wildman–Crippen MR) is 94.1 cm³/mol. The van der Waals surface area contributed by atoms with Crippen LogP contribution in [0.3, 0.4) is 0 Å². The summed E-state index contributed by atoms with van der Waals surface area (Å²) in [6, 6.07) is 6.34. The van der Waals surface area contributed by atoms with Gasteiger partial charge in [0.2, 0.25) is 0 Å². The van der Waals surface area contributed by atoms with E-state index < -0.39 is 19.0 Å². The van der Waals surface area contributed by atoms with Crippen molar-refractivity contribution >= 4 is 23.2 Å². The van der Waals surface area contributed by atoms with Crippen molar-refractivity contribution in [1.82, 2.24) is 5.32 Å². The van der Waals surface area contributed by atoms with Crippen LogP contribution in [0.25, 0.3) is 5.57 Å². The minimum atomic E-state index is -4.16. The molecule has 0 saturated heterocycles. The molecule has 1 heterocycles. The maximum atomic E-state index is 12.8. The van der Waals surface area contributed by atoms with Gasteiger partial charge in [-0.15, -0.1) is 0 Å². The molecule has 0 spiro atoms. The molecular formula is C17H20F4N2OS. The van der Waals surface area contributed by atoms with Crippen LogP contribution in [0.4, 0.5) is 17.6 Å². The second-order valence-electron chi connectivity index (χ2n) is 5.67. The number of nitrogens with zero attached hydrogens (tertiary/aromatic N) is 1. The van der Waals surface area contributed by atoms with Gasteiger partial charge in [0.25, 0.3) is 0 Å². The van der Waals surface area contributed by atoms with E-state index in [1.165, 1.54) is 12.1 Å². The van der Waals surface area contributed by atoms with Crippen LogP contribution in [-0.4, -0.2) is 49.4 Å². The number of halogens is 4. The maximum absolute atomic E-state index is 12.8. The molecule has 2 rings (SSSR count). The monoisotopic (exact) mass is 376 g/mol. The smallest absolute Gasteiger partial charge is 0.340 e. The van der Waals surface area contributed by atoms with Gasteiger partial charge in [0.15, 0.2) is 6.61 Å². The minimum absolute atomic E-state index is 0.118. The van der Waals surface area contributed by atoms with Gasteiger partial charge in [-0.2, -0.15) is 20.5 Å². The average molecular weight is 376 g/mol. The Labute approximate surface area is 148 Å². The van der Waals surface area contributed by atoms with Crippen LogP contribution in [0.15, 0.2) is 35.3 Å². The lowest BCUT2D eigenvalue weighted by Crippen LogP contribution is -2.36. The summed E-state index contributed by atoms with van der Waals surface area (Å²) in [6.07, 6.45) is 0.220. The van der Waals surface area contributed by atoms with E-state index >= 15 is 0 Å². The molecular weight excluding hydrogens is 356 g/mol. The van der Waals surface area contributed by atoms with Crippen molar-refractivity contribution in [3.05, 3.63) is 35.9 Å². The molecule has 8 heteroatoms. The molecule has 25 heavy (non-hydrogen) atoms. The van der Waals surface area contributed by atoms with Gasteiger partial charge >= 0.3 is 12.3 Å². The summed E-state index contributed by atoms with van der Waals surface area (Å²) in [5.74, 6) is -3.24. The van der Waals surface area contributed by atoms with E-state index in [2.05, 4.69) is 16.6 Å².